The van der Waals surface area contributed by atoms with Crippen molar-refractivity contribution in [2.24, 2.45) is 0 Å². The van der Waals surface area contributed by atoms with E-state index in [9.17, 15) is 4.79 Å². The van der Waals surface area contributed by atoms with E-state index < -0.39 is 12.0 Å². The summed E-state index contributed by atoms with van der Waals surface area (Å²) in [6.45, 7) is 6.01. The van der Waals surface area contributed by atoms with Crippen LogP contribution in [-0.4, -0.2) is 24.2 Å². The number of aryl methyl sites for hydroxylation is 1. The molecule has 90 valence electrons. The Morgan fingerprint density at radius 2 is 1.81 bits per heavy atom. The first-order valence-corrected chi connectivity index (χ1v) is 5.59. The number of benzene rings is 1. The average Bonchev–Trinajstić information content (AvgIpc) is 2.30. The van der Waals surface area contributed by atoms with Crippen LogP contribution in [0.25, 0.3) is 0 Å². The molecule has 0 fully saturated rings. The molecule has 0 aromatic heterocycles. The third kappa shape index (κ3) is 4.94. The number of carbonyl (C=O) groups is 1. The first-order chi connectivity index (χ1) is 7.63. The van der Waals surface area contributed by atoms with Crippen LogP contribution in [0.3, 0.4) is 0 Å². The van der Waals surface area contributed by atoms with E-state index in [0.717, 1.165) is 5.56 Å². The van der Waals surface area contributed by atoms with Crippen LogP contribution < -0.4 is 5.32 Å². The van der Waals surface area contributed by atoms with Crippen molar-refractivity contribution in [3.63, 3.8) is 0 Å². The minimum Gasteiger partial charge on any atom is -0.480 e. The average molecular weight is 223 g/mol. The maximum absolute atomic E-state index is 10.7. The van der Waals surface area contributed by atoms with E-state index in [0.29, 0.717) is 6.42 Å². The number of hydrogen-bond acceptors (Lipinski definition) is 2. The number of carboxylic acids is 1. The van der Waals surface area contributed by atoms with Gasteiger partial charge in [-0.15, -0.1) is 0 Å². The van der Waals surface area contributed by atoms with Gasteiger partial charge in [-0.25, -0.2) is 0 Å². The lowest BCUT2D eigenvalue weighted by Crippen LogP contribution is -2.35. The lowest BCUT2D eigenvalue weighted by molar-refractivity contribution is -0.139. The largest absolute Gasteiger partial charge is 0.480 e. The molecular formula is C13H21NO2. The summed E-state index contributed by atoms with van der Waals surface area (Å²) in [5.74, 6) is -0.812. The zero-order valence-electron chi connectivity index (χ0n) is 10.4. The van der Waals surface area contributed by atoms with Crippen LogP contribution in [-0.2, 0) is 11.2 Å². The van der Waals surface area contributed by atoms with Crippen LogP contribution in [0, 0.1) is 6.92 Å². The van der Waals surface area contributed by atoms with E-state index in [-0.39, 0.29) is 0 Å². The van der Waals surface area contributed by atoms with Crippen molar-refractivity contribution in [1.82, 2.24) is 5.32 Å². The molecule has 0 aliphatic rings. The number of likely N-dealkylation sites (N-methyl/N-ethyl adjacent to an activating group) is 1. The van der Waals surface area contributed by atoms with E-state index in [1.54, 1.807) is 7.05 Å². The summed E-state index contributed by atoms with van der Waals surface area (Å²) >= 11 is 0. The molecular weight excluding hydrogens is 202 g/mol. The third-order valence-corrected chi connectivity index (χ3v) is 2.21. The molecule has 1 rings (SSSR count). The summed E-state index contributed by atoms with van der Waals surface area (Å²) in [7, 11) is 1.66. The van der Waals surface area contributed by atoms with Gasteiger partial charge < -0.3 is 10.4 Å². The van der Waals surface area contributed by atoms with Gasteiger partial charge in [0.1, 0.15) is 6.04 Å². The molecule has 1 aromatic rings. The zero-order chi connectivity index (χ0) is 12.6. The van der Waals surface area contributed by atoms with Gasteiger partial charge in [0.25, 0.3) is 0 Å². The first kappa shape index (κ1) is 14.6. The second-order valence-corrected chi connectivity index (χ2v) is 3.37. The van der Waals surface area contributed by atoms with Gasteiger partial charge in [-0.2, -0.15) is 0 Å². The van der Waals surface area contributed by atoms with Crippen LogP contribution in [0.2, 0.25) is 0 Å². The summed E-state index contributed by atoms with van der Waals surface area (Å²) < 4.78 is 0. The molecule has 0 heterocycles. The van der Waals surface area contributed by atoms with Gasteiger partial charge in [0.05, 0.1) is 0 Å². The van der Waals surface area contributed by atoms with Crippen molar-refractivity contribution in [3.05, 3.63) is 35.4 Å². The second kappa shape index (κ2) is 7.88. The van der Waals surface area contributed by atoms with Gasteiger partial charge in [0, 0.05) is 0 Å². The molecule has 0 aliphatic heterocycles. The molecule has 0 bridgehead atoms. The molecule has 16 heavy (non-hydrogen) atoms. The standard InChI is InChI=1S/C11H15NO2.C2H6/c1-8-3-5-9(6-4-8)7-10(12-2)11(13)14;1-2/h3-6,10,12H,7H2,1-2H3,(H,13,14);1-2H3. The fourth-order valence-corrected chi connectivity index (χ4v) is 1.27. The summed E-state index contributed by atoms with van der Waals surface area (Å²) in [6.07, 6.45) is 0.520. The van der Waals surface area contributed by atoms with Crippen molar-refractivity contribution < 1.29 is 9.90 Å². The Kier molecular flexibility index (Phi) is 7.21. The molecule has 1 unspecified atom stereocenters. The Balaban J connectivity index is 0.00000106. The second-order valence-electron chi connectivity index (χ2n) is 3.37. The van der Waals surface area contributed by atoms with Crippen LogP contribution in [0.15, 0.2) is 24.3 Å². The highest BCUT2D eigenvalue weighted by Crippen LogP contribution is 2.06. The molecule has 0 radical (unpaired) electrons. The van der Waals surface area contributed by atoms with Crippen LogP contribution in [0.5, 0.6) is 0 Å². The van der Waals surface area contributed by atoms with Gasteiger partial charge >= 0.3 is 5.97 Å². The summed E-state index contributed by atoms with van der Waals surface area (Å²) in [6, 6.07) is 7.40. The minimum atomic E-state index is -0.812. The highest BCUT2D eigenvalue weighted by atomic mass is 16.4. The Hall–Kier alpha value is -1.35. The van der Waals surface area contributed by atoms with Gasteiger partial charge in [-0.3, -0.25) is 4.79 Å². The first-order valence-electron chi connectivity index (χ1n) is 5.59. The van der Waals surface area contributed by atoms with Gasteiger partial charge in [0.2, 0.25) is 0 Å². The molecule has 0 aliphatic carbocycles. The molecule has 0 spiro atoms. The van der Waals surface area contributed by atoms with E-state index in [1.807, 2.05) is 45.0 Å². The lowest BCUT2D eigenvalue weighted by Gasteiger charge is -2.10. The topological polar surface area (TPSA) is 49.3 Å². The maximum Gasteiger partial charge on any atom is 0.321 e. The third-order valence-electron chi connectivity index (χ3n) is 2.21. The smallest absolute Gasteiger partial charge is 0.321 e. The molecule has 3 heteroatoms. The summed E-state index contributed by atoms with van der Waals surface area (Å²) in [5.41, 5.74) is 2.22. The Bertz CT molecular complexity index is 306. The van der Waals surface area contributed by atoms with E-state index in [2.05, 4.69) is 5.32 Å². The molecule has 2 N–H and O–H groups in total. The van der Waals surface area contributed by atoms with Gasteiger partial charge in [0.15, 0.2) is 0 Å². The van der Waals surface area contributed by atoms with Crippen molar-refractivity contribution >= 4 is 5.97 Å². The quantitative estimate of drug-likeness (QED) is 0.823. The van der Waals surface area contributed by atoms with E-state index in [1.165, 1.54) is 5.56 Å². The molecule has 0 saturated carbocycles. The highest BCUT2D eigenvalue weighted by molar-refractivity contribution is 5.73. The maximum atomic E-state index is 10.7. The van der Waals surface area contributed by atoms with Crippen molar-refractivity contribution in [2.45, 2.75) is 33.2 Å². The molecule has 1 atom stereocenters. The van der Waals surface area contributed by atoms with Gasteiger partial charge in [-0.05, 0) is 26.0 Å². The van der Waals surface area contributed by atoms with Crippen LogP contribution in [0.4, 0.5) is 0 Å². The normalized spacial score (nSPS) is 11.2. The van der Waals surface area contributed by atoms with E-state index in [4.69, 9.17) is 5.11 Å². The fourth-order valence-electron chi connectivity index (χ4n) is 1.27. The predicted octanol–water partition coefficient (Wildman–Crippen LogP) is 2.24. The fraction of sp³-hybridized carbons (Fsp3) is 0.462. The molecule has 0 amide bonds. The number of nitrogens with one attached hydrogen (secondary N) is 1. The lowest BCUT2D eigenvalue weighted by atomic mass is 10.0. The number of aliphatic carboxylic acids is 1. The summed E-state index contributed by atoms with van der Waals surface area (Å²) in [5, 5.41) is 11.6. The van der Waals surface area contributed by atoms with Crippen LogP contribution >= 0.6 is 0 Å². The zero-order valence-corrected chi connectivity index (χ0v) is 10.4. The Labute approximate surface area is 97.5 Å². The molecule has 0 saturated heterocycles. The molecule has 1 aromatic carbocycles. The number of hydrogen-bond donors (Lipinski definition) is 2. The van der Waals surface area contributed by atoms with Crippen molar-refractivity contribution in [3.8, 4) is 0 Å². The van der Waals surface area contributed by atoms with Crippen molar-refractivity contribution in [2.75, 3.05) is 7.05 Å². The Morgan fingerprint density at radius 3 is 2.19 bits per heavy atom. The highest BCUT2D eigenvalue weighted by Gasteiger charge is 2.14. The molecule has 3 nitrogen and oxygen atoms in total. The Morgan fingerprint density at radius 1 is 1.31 bits per heavy atom. The number of rotatable bonds is 4. The monoisotopic (exact) mass is 223 g/mol. The summed E-state index contributed by atoms with van der Waals surface area (Å²) in [4.78, 5) is 10.7. The van der Waals surface area contributed by atoms with E-state index >= 15 is 0 Å². The SMILES string of the molecule is CC.CNC(Cc1ccc(C)cc1)C(=O)O. The minimum absolute atomic E-state index is 0.502. The predicted molar refractivity (Wildman–Crippen MR) is 66.7 cm³/mol. The number of carboxylic acid groups (broad SMARTS) is 1. The van der Waals surface area contributed by atoms with Crippen molar-refractivity contribution in [1.29, 1.82) is 0 Å². The van der Waals surface area contributed by atoms with Crippen LogP contribution in [0.1, 0.15) is 25.0 Å². The van der Waals surface area contributed by atoms with Gasteiger partial charge in [-0.1, -0.05) is 43.7 Å².